The number of nitriles is 3. The van der Waals surface area contributed by atoms with Crippen molar-refractivity contribution < 1.29 is 4.74 Å². The molecular formula is C25H21N5O. The van der Waals surface area contributed by atoms with Crippen molar-refractivity contribution in [3.05, 3.63) is 83.1 Å². The Balaban J connectivity index is 1.87. The van der Waals surface area contributed by atoms with E-state index in [0.717, 1.165) is 11.1 Å². The lowest BCUT2D eigenvalue weighted by Crippen LogP contribution is -2.47. The lowest BCUT2D eigenvalue weighted by Gasteiger charge is -2.45. The van der Waals surface area contributed by atoms with E-state index in [2.05, 4.69) is 23.1 Å². The fraction of sp³-hybridized carbons (Fsp3) is 0.240. The average Bonchev–Trinajstić information content (AvgIpc) is 2.79. The van der Waals surface area contributed by atoms with Gasteiger partial charge in [0.25, 0.3) is 0 Å². The number of nitrogens with zero attached hydrogens (tertiary/aromatic N) is 4. The van der Waals surface area contributed by atoms with Gasteiger partial charge in [-0.3, -0.25) is 0 Å². The topological polar surface area (TPSA) is 110 Å². The SMILES string of the molecule is CN1CC=C2C(C#N)=C(N)C(C#N)(C#N)[C@H](c3cccc(Oc4ccccc4)c3)[C@H]2C1. The van der Waals surface area contributed by atoms with E-state index in [9.17, 15) is 15.8 Å². The van der Waals surface area contributed by atoms with Crippen molar-refractivity contribution in [3.63, 3.8) is 0 Å². The molecule has 1 heterocycles. The van der Waals surface area contributed by atoms with Crippen LogP contribution in [0.1, 0.15) is 11.5 Å². The van der Waals surface area contributed by atoms with Gasteiger partial charge in [-0.2, -0.15) is 15.8 Å². The summed E-state index contributed by atoms with van der Waals surface area (Å²) in [5.74, 6) is 0.552. The summed E-state index contributed by atoms with van der Waals surface area (Å²) in [4.78, 5) is 2.11. The van der Waals surface area contributed by atoms with Gasteiger partial charge in [-0.15, -0.1) is 0 Å². The van der Waals surface area contributed by atoms with E-state index in [4.69, 9.17) is 10.5 Å². The van der Waals surface area contributed by atoms with E-state index >= 15 is 0 Å². The van der Waals surface area contributed by atoms with Crippen molar-refractivity contribution in [2.45, 2.75) is 5.92 Å². The quantitative estimate of drug-likeness (QED) is 0.828. The van der Waals surface area contributed by atoms with Crippen molar-refractivity contribution in [1.82, 2.24) is 4.90 Å². The molecule has 4 rings (SSSR count). The number of likely N-dealkylation sites (N-methyl/N-ethyl adjacent to an activating group) is 1. The Bertz CT molecular complexity index is 1180. The summed E-state index contributed by atoms with van der Waals surface area (Å²) in [6, 6.07) is 23.3. The number of rotatable bonds is 3. The highest BCUT2D eigenvalue weighted by Crippen LogP contribution is 2.54. The fourth-order valence-corrected chi connectivity index (χ4v) is 4.60. The summed E-state index contributed by atoms with van der Waals surface area (Å²) >= 11 is 0. The van der Waals surface area contributed by atoms with Gasteiger partial charge in [-0.05, 0) is 42.4 Å². The molecule has 0 fully saturated rings. The van der Waals surface area contributed by atoms with Gasteiger partial charge >= 0.3 is 0 Å². The van der Waals surface area contributed by atoms with Crippen LogP contribution in [0.4, 0.5) is 0 Å². The molecule has 0 amide bonds. The van der Waals surface area contributed by atoms with Crippen LogP contribution in [0.25, 0.3) is 0 Å². The average molecular weight is 407 g/mol. The molecule has 1 aliphatic heterocycles. The Hall–Kier alpha value is -4.05. The molecular weight excluding hydrogens is 386 g/mol. The number of fused-ring (bicyclic) bond motifs is 1. The molecule has 1 aliphatic carbocycles. The minimum Gasteiger partial charge on any atom is -0.457 e. The Kier molecular flexibility index (Phi) is 5.22. The first kappa shape index (κ1) is 20.2. The minimum atomic E-state index is -1.64. The summed E-state index contributed by atoms with van der Waals surface area (Å²) in [6.07, 6.45) is 1.98. The van der Waals surface area contributed by atoms with Gasteiger partial charge in [0.15, 0.2) is 5.41 Å². The van der Waals surface area contributed by atoms with Gasteiger partial charge in [0.2, 0.25) is 0 Å². The molecule has 6 nitrogen and oxygen atoms in total. The van der Waals surface area contributed by atoms with Gasteiger partial charge in [0.1, 0.15) is 17.6 Å². The number of hydrogen-bond donors (Lipinski definition) is 1. The molecule has 0 aromatic heterocycles. The van der Waals surface area contributed by atoms with Crippen molar-refractivity contribution in [2.75, 3.05) is 20.1 Å². The third-order valence-corrected chi connectivity index (χ3v) is 6.04. The minimum absolute atomic E-state index is 0.0337. The van der Waals surface area contributed by atoms with Crippen molar-refractivity contribution in [1.29, 1.82) is 15.8 Å². The predicted molar refractivity (Wildman–Crippen MR) is 115 cm³/mol. The Morgan fingerprint density at radius 3 is 2.42 bits per heavy atom. The van der Waals surface area contributed by atoms with Crippen LogP contribution < -0.4 is 10.5 Å². The van der Waals surface area contributed by atoms with E-state index in [1.165, 1.54) is 0 Å². The first-order chi connectivity index (χ1) is 15.0. The third kappa shape index (κ3) is 3.32. The number of allylic oxidation sites excluding steroid dienone is 2. The Labute approximate surface area is 181 Å². The molecule has 0 spiro atoms. The molecule has 2 aliphatic rings. The molecule has 0 radical (unpaired) electrons. The zero-order valence-electron chi connectivity index (χ0n) is 17.1. The van der Waals surface area contributed by atoms with Crippen LogP contribution in [0.5, 0.6) is 11.5 Å². The maximum Gasteiger partial charge on any atom is 0.191 e. The zero-order chi connectivity index (χ0) is 22.0. The molecule has 2 atom stereocenters. The van der Waals surface area contributed by atoms with Crippen molar-refractivity contribution in [2.24, 2.45) is 17.1 Å². The maximum atomic E-state index is 10.2. The van der Waals surface area contributed by atoms with Crippen molar-refractivity contribution in [3.8, 4) is 29.7 Å². The lowest BCUT2D eigenvalue weighted by atomic mass is 9.58. The second-order valence-electron chi connectivity index (χ2n) is 7.88. The summed E-state index contributed by atoms with van der Waals surface area (Å²) in [5.41, 5.74) is 6.60. The molecule has 2 aromatic rings. The molecule has 0 saturated heterocycles. The van der Waals surface area contributed by atoms with Crippen LogP contribution in [0.2, 0.25) is 0 Å². The lowest BCUT2D eigenvalue weighted by molar-refractivity contribution is 0.237. The van der Waals surface area contributed by atoms with E-state index in [0.29, 0.717) is 24.6 Å². The number of nitrogens with two attached hydrogens (primary N) is 1. The third-order valence-electron chi connectivity index (χ3n) is 6.04. The van der Waals surface area contributed by atoms with Crippen LogP contribution in [0.3, 0.4) is 0 Å². The Morgan fingerprint density at radius 2 is 1.74 bits per heavy atom. The molecule has 0 bridgehead atoms. The summed E-state index contributed by atoms with van der Waals surface area (Å²) in [5, 5.41) is 30.1. The van der Waals surface area contributed by atoms with Gasteiger partial charge < -0.3 is 15.4 Å². The smallest absolute Gasteiger partial charge is 0.191 e. The number of benzene rings is 2. The maximum absolute atomic E-state index is 10.2. The normalized spacial score (nSPS) is 22.3. The highest BCUT2D eigenvalue weighted by molar-refractivity contribution is 5.59. The highest BCUT2D eigenvalue weighted by Gasteiger charge is 2.54. The standard InChI is InChI=1S/C25H21N5O/c1-30-11-10-20-21(13-26)24(29)25(15-27,16-28)23(22(20)14-30)17-6-5-9-19(12-17)31-18-7-3-2-4-8-18/h2-10,12,22-23H,11,14,29H2,1H3/t22-,23+/m0/s1. The van der Waals surface area contributed by atoms with E-state index in [-0.39, 0.29) is 17.2 Å². The molecule has 0 unspecified atom stereocenters. The second-order valence-corrected chi connectivity index (χ2v) is 7.88. The highest BCUT2D eigenvalue weighted by atomic mass is 16.5. The van der Waals surface area contributed by atoms with E-state index < -0.39 is 11.3 Å². The molecule has 2 aromatic carbocycles. The molecule has 31 heavy (non-hydrogen) atoms. The van der Waals surface area contributed by atoms with Crippen LogP contribution in [-0.4, -0.2) is 25.0 Å². The van der Waals surface area contributed by atoms with Gasteiger partial charge in [-0.25, -0.2) is 0 Å². The summed E-state index contributed by atoms with van der Waals surface area (Å²) < 4.78 is 5.99. The molecule has 0 saturated carbocycles. The van der Waals surface area contributed by atoms with Crippen molar-refractivity contribution >= 4 is 0 Å². The summed E-state index contributed by atoms with van der Waals surface area (Å²) in [7, 11) is 1.98. The number of hydrogen-bond acceptors (Lipinski definition) is 6. The summed E-state index contributed by atoms with van der Waals surface area (Å²) in [6.45, 7) is 1.30. The molecule has 6 heteroatoms. The first-order valence-electron chi connectivity index (χ1n) is 9.98. The predicted octanol–water partition coefficient (Wildman–Crippen LogP) is 3.83. The Morgan fingerprint density at radius 1 is 1.03 bits per heavy atom. The number of para-hydroxylation sites is 1. The first-order valence-corrected chi connectivity index (χ1v) is 9.98. The fourth-order valence-electron chi connectivity index (χ4n) is 4.60. The van der Waals surface area contributed by atoms with Gasteiger partial charge in [0, 0.05) is 24.9 Å². The molecule has 2 N–H and O–H groups in total. The largest absolute Gasteiger partial charge is 0.457 e. The van der Waals surface area contributed by atoms with E-state index in [1.54, 1.807) is 0 Å². The van der Waals surface area contributed by atoms with E-state index in [1.807, 2.05) is 67.7 Å². The zero-order valence-corrected chi connectivity index (χ0v) is 17.1. The van der Waals surface area contributed by atoms with Crippen LogP contribution in [0, 0.1) is 45.3 Å². The van der Waals surface area contributed by atoms with Gasteiger partial charge in [-0.1, -0.05) is 36.4 Å². The van der Waals surface area contributed by atoms with Crippen LogP contribution >= 0.6 is 0 Å². The second kappa shape index (κ2) is 8.00. The van der Waals surface area contributed by atoms with Gasteiger partial charge in [0.05, 0.1) is 23.4 Å². The van der Waals surface area contributed by atoms with Crippen LogP contribution in [-0.2, 0) is 0 Å². The number of ether oxygens (including phenoxy) is 1. The molecule has 152 valence electrons. The monoisotopic (exact) mass is 407 g/mol. The van der Waals surface area contributed by atoms with Crippen LogP contribution in [0.15, 0.2) is 77.5 Å².